The second kappa shape index (κ2) is 4.56. The van der Waals surface area contributed by atoms with Crippen LogP contribution in [0.15, 0.2) is 36.4 Å². The van der Waals surface area contributed by atoms with Gasteiger partial charge in [0, 0.05) is 29.2 Å². The highest BCUT2D eigenvalue weighted by molar-refractivity contribution is 6.08. The number of anilines is 3. The molecule has 2 aromatic rings. The van der Waals surface area contributed by atoms with Gasteiger partial charge in [0.15, 0.2) is 0 Å². The van der Waals surface area contributed by atoms with E-state index in [1.54, 1.807) is 17.0 Å². The smallest absolute Gasteiger partial charge is 0.258 e. The van der Waals surface area contributed by atoms with Gasteiger partial charge < -0.3 is 16.4 Å². The maximum absolute atomic E-state index is 12.6. The van der Waals surface area contributed by atoms with Gasteiger partial charge in [0.2, 0.25) is 0 Å². The largest absolute Gasteiger partial charge is 0.398 e. The first-order valence-corrected chi connectivity index (χ1v) is 6.63. The van der Waals surface area contributed by atoms with Crippen molar-refractivity contribution < 1.29 is 4.79 Å². The van der Waals surface area contributed by atoms with Crippen molar-refractivity contribution in [2.75, 3.05) is 22.9 Å². The summed E-state index contributed by atoms with van der Waals surface area (Å²) in [6.07, 6.45) is 0.888. The zero-order valence-corrected chi connectivity index (χ0v) is 11.4. The third-order valence-corrected chi connectivity index (χ3v) is 3.87. The van der Waals surface area contributed by atoms with Gasteiger partial charge >= 0.3 is 0 Å². The molecule has 0 saturated carbocycles. The van der Waals surface area contributed by atoms with Crippen LogP contribution in [0.1, 0.15) is 21.5 Å². The Morgan fingerprint density at radius 2 is 1.80 bits per heavy atom. The molecular weight excluding hydrogens is 250 g/mol. The minimum atomic E-state index is -0.0478. The number of hydrogen-bond acceptors (Lipinski definition) is 3. The number of nitrogens with two attached hydrogens (primary N) is 2. The van der Waals surface area contributed by atoms with Gasteiger partial charge in [-0.2, -0.15) is 0 Å². The van der Waals surface area contributed by atoms with E-state index in [9.17, 15) is 4.79 Å². The number of benzene rings is 2. The SMILES string of the molecule is Cc1c(N)cc(C(=O)N2CCc3ccccc32)cc1N. The highest BCUT2D eigenvalue weighted by Gasteiger charge is 2.25. The predicted octanol–water partition coefficient (Wildman–Crippen LogP) is 2.36. The molecule has 1 heterocycles. The molecule has 0 spiro atoms. The number of carbonyl (C=O) groups excluding carboxylic acids is 1. The van der Waals surface area contributed by atoms with Crippen molar-refractivity contribution in [2.24, 2.45) is 0 Å². The lowest BCUT2D eigenvalue weighted by Crippen LogP contribution is -2.29. The van der Waals surface area contributed by atoms with Crippen LogP contribution >= 0.6 is 0 Å². The van der Waals surface area contributed by atoms with E-state index in [1.807, 2.05) is 25.1 Å². The Morgan fingerprint density at radius 1 is 1.15 bits per heavy atom. The van der Waals surface area contributed by atoms with E-state index in [0.717, 1.165) is 17.7 Å². The molecule has 1 aliphatic heterocycles. The fourth-order valence-corrected chi connectivity index (χ4v) is 2.59. The number of fused-ring (bicyclic) bond motifs is 1. The summed E-state index contributed by atoms with van der Waals surface area (Å²) < 4.78 is 0. The molecule has 4 nitrogen and oxygen atoms in total. The van der Waals surface area contributed by atoms with Crippen molar-refractivity contribution in [2.45, 2.75) is 13.3 Å². The average molecular weight is 267 g/mol. The van der Waals surface area contributed by atoms with Gasteiger partial charge in [-0.05, 0) is 42.7 Å². The van der Waals surface area contributed by atoms with Crippen LogP contribution in [0.3, 0.4) is 0 Å². The summed E-state index contributed by atoms with van der Waals surface area (Å²) >= 11 is 0. The molecule has 0 aliphatic carbocycles. The molecule has 20 heavy (non-hydrogen) atoms. The van der Waals surface area contributed by atoms with Gasteiger partial charge in [-0.3, -0.25) is 4.79 Å². The molecule has 1 amide bonds. The topological polar surface area (TPSA) is 72.4 Å². The Kier molecular flexibility index (Phi) is 2.86. The first-order valence-electron chi connectivity index (χ1n) is 6.63. The molecule has 0 aromatic heterocycles. The quantitative estimate of drug-likeness (QED) is 0.779. The van der Waals surface area contributed by atoms with Crippen LogP contribution in [0.2, 0.25) is 0 Å². The molecule has 0 fully saturated rings. The molecule has 1 aliphatic rings. The average Bonchev–Trinajstić information content (AvgIpc) is 2.87. The summed E-state index contributed by atoms with van der Waals surface area (Å²) in [7, 11) is 0. The lowest BCUT2D eigenvalue weighted by atomic mass is 10.1. The molecule has 4 heteroatoms. The van der Waals surface area contributed by atoms with Gasteiger partial charge in [-0.1, -0.05) is 18.2 Å². The summed E-state index contributed by atoms with van der Waals surface area (Å²) in [5.74, 6) is -0.0478. The molecule has 4 N–H and O–H groups in total. The van der Waals surface area contributed by atoms with Crippen molar-refractivity contribution in [3.8, 4) is 0 Å². The molecule has 0 bridgehead atoms. The summed E-state index contributed by atoms with van der Waals surface area (Å²) in [5.41, 5.74) is 16.5. The normalized spacial score (nSPS) is 13.3. The monoisotopic (exact) mass is 267 g/mol. The van der Waals surface area contributed by atoms with E-state index in [0.29, 0.717) is 23.5 Å². The Hall–Kier alpha value is -2.49. The number of para-hydroxylation sites is 1. The van der Waals surface area contributed by atoms with E-state index in [1.165, 1.54) is 5.56 Å². The van der Waals surface area contributed by atoms with Crippen LogP contribution in [0.4, 0.5) is 17.1 Å². The molecule has 0 radical (unpaired) electrons. The number of nitrogen functional groups attached to an aromatic ring is 2. The Bertz CT molecular complexity index is 671. The fourth-order valence-electron chi connectivity index (χ4n) is 2.59. The summed E-state index contributed by atoms with van der Waals surface area (Å²) in [6.45, 7) is 2.55. The number of nitrogens with zero attached hydrogens (tertiary/aromatic N) is 1. The Labute approximate surface area is 118 Å². The van der Waals surface area contributed by atoms with Gasteiger partial charge in [0.25, 0.3) is 5.91 Å². The van der Waals surface area contributed by atoms with Crippen LogP contribution in [-0.2, 0) is 6.42 Å². The van der Waals surface area contributed by atoms with Gasteiger partial charge in [0.05, 0.1) is 0 Å². The fraction of sp³-hybridized carbons (Fsp3) is 0.188. The van der Waals surface area contributed by atoms with E-state index >= 15 is 0 Å². The maximum Gasteiger partial charge on any atom is 0.258 e. The highest BCUT2D eigenvalue weighted by atomic mass is 16.2. The van der Waals surface area contributed by atoms with E-state index in [4.69, 9.17) is 11.5 Å². The minimum Gasteiger partial charge on any atom is -0.398 e. The zero-order chi connectivity index (χ0) is 14.3. The standard InChI is InChI=1S/C16H17N3O/c1-10-13(17)8-12(9-14(10)18)16(20)19-7-6-11-4-2-3-5-15(11)19/h2-5,8-9H,6-7,17-18H2,1H3. The van der Waals surface area contributed by atoms with Crippen LogP contribution in [0.25, 0.3) is 0 Å². The third-order valence-electron chi connectivity index (χ3n) is 3.87. The van der Waals surface area contributed by atoms with Crippen molar-refractivity contribution in [3.63, 3.8) is 0 Å². The van der Waals surface area contributed by atoms with Crippen molar-refractivity contribution in [1.82, 2.24) is 0 Å². The molecule has 0 atom stereocenters. The van der Waals surface area contributed by atoms with Crippen molar-refractivity contribution in [1.29, 1.82) is 0 Å². The summed E-state index contributed by atoms with van der Waals surface area (Å²) in [6, 6.07) is 11.4. The summed E-state index contributed by atoms with van der Waals surface area (Å²) in [5, 5.41) is 0. The maximum atomic E-state index is 12.6. The lowest BCUT2D eigenvalue weighted by Gasteiger charge is -2.18. The second-order valence-electron chi connectivity index (χ2n) is 5.12. The molecule has 0 unspecified atom stereocenters. The van der Waals surface area contributed by atoms with E-state index < -0.39 is 0 Å². The van der Waals surface area contributed by atoms with E-state index in [2.05, 4.69) is 6.07 Å². The van der Waals surface area contributed by atoms with E-state index in [-0.39, 0.29) is 5.91 Å². The van der Waals surface area contributed by atoms with Gasteiger partial charge in [-0.25, -0.2) is 0 Å². The Morgan fingerprint density at radius 3 is 2.50 bits per heavy atom. The van der Waals surface area contributed by atoms with Gasteiger partial charge in [0.1, 0.15) is 0 Å². The zero-order valence-electron chi connectivity index (χ0n) is 11.4. The summed E-state index contributed by atoms with van der Waals surface area (Å²) in [4.78, 5) is 14.4. The molecule has 102 valence electrons. The Balaban J connectivity index is 1.99. The van der Waals surface area contributed by atoms with Crippen LogP contribution < -0.4 is 16.4 Å². The van der Waals surface area contributed by atoms with Gasteiger partial charge in [-0.15, -0.1) is 0 Å². The number of carbonyl (C=O) groups is 1. The number of hydrogen-bond donors (Lipinski definition) is 2. The van der Waals surface area contributed by atoms with Crippen LogP contribution in [0.5, 0.6) is 0 Å². The molecule has 0 saturated heterocycles. The first-order chi connectivity index (χ1) is 9.58. The number of rotatable bonds is 1. The first kappa shape index (κ1) is 12.5. The molecule has 2 aromatic carbocycles. The highest BCUT2D eigenvalue weighted by Crippen LogP contribution is 2.30. The molecule has 3 rings (SSSR count). The van der Waals surface area contributed by atoms with Crippen LogP contribution in [-0.4, -0.2) is 12.5 Å². The minimum absolute atomic E-state index is 0.0478. The second-order valence-corrected chi connectivity index (χ2v) is 5.12. The lowest BCUT2D eigenvalue weighted by molar-refractivity contribution is 0.0989. The number of amides is 1. The van der Waals surface area contributed by atoms with Crippen LogP contribution in [0, 0.1) is 6.92 Å². The van der Waals surface area contributed by atoms with Crippen molar-refractivity contribution in [3.05, 3.63) is 53.1 Å². The predicted molar refractivity (Wildman–Crippen MR) is 81.8 cm³/mol. The molecular formula is C16H17N3O. The third kappa shape index (κ3) is 1.90. The van der Waals surface area contributed by atoms with Crippen molar-refractivity contribution >= 4 is 23.0 Å².